The maximum atomic E-state index is 11.9. The Hall–Kier alpha value is -1.07. The highest BCUT2D eigenvalue weighted by Gasteiger charge is 2.19. The van der Waals surface area contributed by atoms with Gasteiger partial charge in [0.05, 0.1) is 17.5 Å². The monoisotopic (exact) mass is 354 g/mol. The first-order valence-corrected chi connectivity index (χ1v) is 8.28. The molecule has 0 aliphatic heterocycles. The fourth-order valence-electron chi connectivity index (χ4n) is 2.54. The average molecular weight is 355 g/mol. The zero-order valence-electron chi connectivity index (χ0n) is 12.4. The zero-order valence-corrected chi connectivity index (χ0v) is 14.0. The average Bonchev–Trinajstić information content (AvgIpc) is 2.44. The topological polar surface area (TPSA) is 64.3 Å². The van der Waals surface area contributed by atoms with Gasteiger partial charge in [-0.3, -0.25) is 4.79 Å². The second-order valence-corrected chi connectivity index (χ2v) is 6.57. The fourth-order valence-corrected chi connectivity index (χ4v) is 3.15. The molecule has 2 rings (SSSR count). The summed E-state index contributed by atoms with van der Waals surface area (Å²) in [5.41, 5.74) is 7.03. The SMILES string of the molecule is Cc1ccc(OCCC(=O)NC2CCC(N)CC2)c(Br)c1. The van der Waals surface area contributed by atoms with E-state index in [0.717, 1.165) is 35.9 Å². The Bertz CT molecular complexity index is 485. The summed E-state index contributed by atoms with van der Waals surface area (Å²) < 4.78 is 6.56. The number of amides is 1. The zero-order chi connectivity index (χ0) is 15.2. The van der Waals surface area contributed by atoms with Crippen LogP contribution in [0.5, 0.6) is 5.75 Å². The van der Waals surface area contributed by atoms with Crippen LogP contribution in [0.2, 0.25) is 0 Å². The van der Waals surface area contributed by atoms with Crippen LogP contribution in [0.3, 0.4) is 0 Å². The van der Waals surface area contributed by atoms with Crippen molar-refractivity contribution in [3.05, 3.63) is 28.2 Å². The molecular formula is C16H23BrN2O2. The van der Waals surface area contributed by atoms with Crippen molar-refractivity contribution in [2.75, 3.05) is 6.61 Å². The Balaban J connectivity index is 1.69. The predicted octanol–water partition coefficient (Wildman–Crippen LogP) is 2.91. The lowest BCUT2D eigenvalue weighted by Crippen LogP contribution is -2.40. The molecule has 1 aromatic carbocycles. The normalized spacial score (nSPS) is 21.9. The van der Waals surface area contributed by atoms with E-state index >= 15 is 0 Å². The van der Waals surface area contributed by atoms with Crippen LogP contribution in [0, 0.1) is 6.92 Å². The molecule has 1 saturated carbocycles. The Morgan fingerprint density at radius 2 is 2.10 bits per heavy atom. The van der Waals surface area contributed by atoms with Crippen LogP contribution in [0.15, 0.2) is 22.7 Å². The van der Waals surface area contributed by atoms with Gasteiger partial charge in [0, 0.05) is 12.1 Å². The van der Waals surface area contributed by atoms with Gasteiger partial charge in [0.1, 0.15) is 5.75 Å². The number of nitrogens with one attached hydrogen (secondary N) is 1. The molecule has 21 heavy (non-hydrogen) atoms. The van der Waals surface area contributed by atoms with Crippen LogP contribution in [-0.4, -0.2) is 24.6 Å². The second kappa shape index (κ2) is 7.80. The van der Waals surface area contributed by atoms with Gasteiger partial charge in [0.25, 0.3) is 0 Å². The van der Waals surface area contributed by atoms with E-state index in [0.29, 0.717) is 19.1 Å². The van der Waals surface area contributed by atoms with Crippen LogP contribution in [0.4, 0.5) is 0 Å². The maximum absolute atomic E-state index is 11.9. The molecule has 116 valence electrons. The minimum Gasteiger partial charge on any atom is -0.492 e. The highest BCUT2D eigenvalue weighted by Crippen LogP contribution is 2.25. The van der Waals surface area contributed by atoms with Gasteiger partial charge in [0.15, 0.2) is 0 Å². The largest absolute Gasteiger partial charge is 0.492 e. The number of nitrogens with two attached hydrogens (primary N) is 1. The third kappa shape index (κ3) is 5.32. The van der Waals surface area contributed by atoms with Crippen LogP contribution >= 0.6 is 15.9 Å². The summed E-state index contributed by atoms with van der Waals surface area (Å²) in [6.45, 7) is 2.41. The van der Waals surface area contributed by atoms with Crippen LogP contribution in [0.25, 0.3) is 0 Å². The molecule has 0 unspecified atom stereocenters. The Kier molecular flexibility index (Phi) is 6.06. The molecule has 4 nitrogen and oxygen atoms in total. The van der Waals surface area contributed by atoms with Gasteiger partial charge in [0.2, 0.25) is 5.91 Å². The number of benzene rings is 1. The molecule has 5 heteroatoms. The first-order chi connectivity index (χ1) is 10.0. The molecule has 0 radical (unpaired) electrons. The second-order valence-electron chi connectivity index (χ2n) is 5.71. The van der Waals surface area contributed by atoms with E-state index in [-0.39, 0.29) is 11.9 Å². The number of halogens is 1. The Morgan fingerprint density at radius 3 is 2.76 bits per heavy atom. The lowest BCUT2D eigenvalue weighted by Gasteiger charge is -2.26. The molecule has 3 N–H and O–H groups in total. The molecule has 1 aromatic rings. The van der Waals surface area contributed by atoms with Gasteiger partial charge in [-0.25, -0.2) is 0 Å². The van der Waals surface area contributed by atoms with Gasteiger partial charge in [-0.2, -0.15) is 0 Å². The summed E-state index contributed by atoms with van der Waals surface area (Å²) in [4.78, 5) is 11.9. The third-order valence-corrected chi connectivity index (χ3v) is 4.43. The van der Waals surface area contributed by atoms with Crippen LogP contribution in [-0.2, 0) is 4.79 Å². The number of hydrogen-bond donors (Lipinski definition) is 2. The molecule has 0 atom stereocenters. The van der Waals surface area contributed by atoms with Gasteiger partial charge in [-0.15, -0.1) is 0 Å². The van der Waals surface area contributed by atoms with Crippen molar-refractivity contribution in [3.8, 4) is 5.75 Å². The smallest absolute Gasteiger partial charge is 0.223 e. The number of carbonyl (C=O) groups excluding carboxylic acids is 1. The standard InChI is InChI=1S/C16H23BrN2O2/c1-11-2-7-15(14(17)10-11)21-9-8-16(20)19-13-5-3-12(18)4-6-13/h2,7,10,12-13H,3-6,8-9,18H2,1H3,(H,19,20). The third-order valence-electron chi connectivity index (χ3n) is 3.81. The number of aryl methyl sites for hydroxylation is 1. The fraction of sp³-hybridized carbons (Fsp3) is 0.562. The Morgan fingerprint density at radius 1 is 1.38 bits per heavy atom. The number of carbonyl (C=O) groups is 1. The molecule has 1 aliphatic rings. The molecule has 0 aromatic heterocycles. The van der Waals surface area contributed by atoms with E-state index in [1.165, 1.54) is 5.56 Å². The van der Waals surface area contributed by atoms with E-state index < -0.39 is 0 Å². The van der Waals surface area contributed by atoms with Crippen molar-refractivity contribution < 1.29 is 9.53 Å². The molecular weight excluding hydrogens is 332 g/mol. The van der Waals surface area contributed by atoms with Gasteiger partial charge < -0.3 is 15.8 Å². The van der Waals surface area contributed by atoms with Gasteiger partial charge in [-0.1, -0.05) is 6.07 Å². The minimum atomic E-state index is 0.0544. The number of hydrogen-bond acceptors (Lipinski definition) is 3. The highest BCUT2D eigenvalue weighted by atomic mass is 79.9. The van der Waals surface area contributed by atoms with E-state index in [1.807, 2.05) is 25.1 Å². The van der Waals surface area contributed by atoms with E-state index in [1.54, 1.807) is 0 Å². The lowest BCUT2D eigenvalue weighted by atomic mass is 9.92. The van der Waals surface area contributed by atoms with Crippen molar-refractivity contribution in [3.63, 3.8) is 0 Å². The van der Waals surface area contributed by atoms with Crippen molar-refractivity contribution in [1.82, 2.24) is 5.32 Å². The van der Waals surface area contributed by atoms with Crippen molar-refractivity contribution in [2.24, 2.45) is 5.73 Å². The Labute approximate surface area is 134 Å². The summed E-state index contributed by atoms with van der Waals surface area (Å²) in [5.74, 6) is 0.829. The molecule has 0 heterocycles. The quantitative estimate of drug-likeness (QED) is 0.854. The van der Waals surface area contributed by atoms with Crippen molar-refractivity contribution >= 4 is 21.8 Å². The van der Waals surface area contributed by atoms with Crippen molar-refractivity contribution in [1.29, 1.82) is 0 Å². The first-order valence-electron chi connectivity index (χ1n) is 7.48. The van der Waals surface area contributed by atoms with Gasteiger partial charge >= 0.3 is 0 Å². The first kappa shape index (κ1) is 16.3. The molecule has 0 spiro atoms. The highest BCUT2D eigenvalue weighted by molar-refractivity contribution is 9.10. The van der Waals surface area contributed by atoms with E-state index in [2.05, 4.69) is 21.2 Å². The summed E-state index contributed by atoms with van der Waals surface area (Å²) in [6.07, 6.45) is 4.34. The minimum absolute atomic E-state index is 0.0544. The van der Waals surface area contributed by atoms with E-state index in [9.17, 15) is 4.79 Å². The maximum Gasteiger partial charge on any atom is 0.223 e. The summed E-state index contributed by atoms with van der Waals surface area (Å²) in [6, 6.07) is 6.50. The van der Waals surface area contributed by atoms with Gasteiger partial charge in [-0.05, 0) is 66.2 Å². The lowest BCUT2D eigenvalue weighted by molar-refractivity contribution is -0.122. The van der Waals surface area contributed by atoms with E-state index in [4.69, 9.17) is 10.5 Å². The molecule has 1 fully saturated rings. The predicted molar refractivity (Wildman–Crippen MR) is 87.4 cm³/mol. The number of ether oxygens (including phenoxy) is 1. The molecule has 0 saturated heterocycles. The van der Waals surface area contributed by atoms with Crippen LogP contribution < -0.4 is 15.8 Å². The summed E-state index contributed by atoms with van der Waals surface area (Å²) in [7, 11) is 0. The molecule has 1 amide bonds. The molecule has 0 bridgehead atoms. The summed E-state index contributed by atoms with van der Waals surface area (Å²) >= 11 is 3.46. The summed E-state index contributed by atoms with van der Waals surface area (Å²) in [5, 5.41) is 3.06. The number of rotatable bonds is 5. The van der Waals surface area contributed by atoms with Crippen LogP contribution in [0.1, 0.15) is 37.7 Å². The van der Waals surface area contributed by atoms with Crippen molar-refractivity contribution in [2.45, 2.75) is 51.1 Å². The molecule has 1 aliphatic carbocycles.